The van der Waals surface area contributed by atoms with Gasteiger partial charge in [-0.25, -0.2) is 4.79 Å². The van der Waals surface area contributed by atoms with Gasteiger partial charge in [-0.05, 0) is 44.0 Å². The first-order valence-electron chi connectivity index (χ1n) is 9.02. The fourth-order valence-electron chi connectivity index (χ4n) is 2.51. The molecule has 0 atom stereocenters. The van der Waals surface area contributed by atoms with Crippen molar-refractivity contribution in [2.45, 2.75) is 32.9 Å². The van der Waals surface area contributed by atoms with Crippen LogP contribution in [0, 0.1) is 6.92 Å². The molecule has 8 heteroatoms. The van der Waals surface area contributed by atoms with Crippen LogP contribution < -0.4 is 15.4 Å². The summed E-state index contributed by atoms with van der Waals surface area (Å²) in [5.74, 6) is 0.348. The zero-order valence-electron chi connectivity index (χ0n) is 16.1. The van der Waals surface area contributed by atoms with Crippen molar-refractivity contribution in [3.05, 3.63) is 64.1 Å². The summed E-state index contributed by atoms with van der Waals surface area (Å²) < 4.78 is 43.7. The highest BCUT2D eigenvalue weighted by molar-refractivity contribution is 9.10. The van der Waals surface area contributed by atoms with Gasteiger partial charge in [0.05, 0.1) is 12.3 Å². The Morgan fingerprint density at radius 2 is 1.86 bits per heavy atom. The number of halogens is 4. The van der Waals surface area contributed by atoms with Crippen molar-refractivity contribution < 1.29 is 22.7 Å². The van der Waals surface area contributed by atoms with Crippen LogP contribution in [-0.4, -0.2) is 18.8 Å². The summed E-state index contributed by atoms with van der Waals surface area (Å²) >= 11 is 3.34. The number of nitrogens with one attached hydrogen (secondary N) is 2. The summed E-state index contributed by atoms with van der Waals surface area (Å²) in [6.07, 6.45) is -2.45. The van der Waals surface area contributed by atoms with Crippen LogP contribution in [-0.2, 0) is 6.42 Å². The Balaban J connectivity index is 2.24. The first-order chi connectivity index (χ1) is 13.7. The Hall–Kier alpha value is -2.48. The molecule has 0 bridgehead atoms. The zero-order valence-corrected chi connectivity index (χ0v) is 17.7. The molecule has 0 aliphatic rings. The van der Waals surface area contributed by atoms with Crippen LogP contribution in [0.1, 0.15) is 24.5 Å². The van der Waals surface area contributed by atoms with Crippen LogP contribution in [0.3, 0.4) is 0 Å². The minimum Gasteiger partial charge on any atom is -0.491 e. The predicted molar refractivity (Wildman–Crippen MR) is 113 cm³/mol. The van der Waals surface area contributed by atoms with Crippen molar-refractivity contribution in [2.24, 2.45) is 0 Å². The number of urea groups is 1. The van der Waals surface area contributed by atoms with E-state index in [4.69, 9.17) is 4.74 Å². The molecule has 0 aliphatic carbocycles. The fourth-order valence-corrected chi connectivity index (χ4v) is 3.02. The molecule has 0 saturated heterocycles. The number of carbonyl (C=O) groups excluding carboxylic acids is 1. The van der Waals surface area contributed by atoms with E-state index in [1.807, 2.05) is 26.0 Å². The van der Waals surface area contributed by atoms with Gasteiger partial charge < -0.3 is 15.4 Å². The highest BCUT2D eigenvalue weighted by Gasteiger charge is 2.22. The van der Waals surface area contributed by atoms with Gasteiger partial charge in [-0.3, -0.25) is 0 Å². The predicted octanol–water partition coefficient (Wildman–Crippen LogP) is 6.85. The fraction of sp³-hybridized carbons (Fsp3) is 0.286. The molecule has 0 saturated carbocycles. The van der Waals surface area contributed by atoms with E-state index in [0.717, 1.165) is 11.6 Å². The molecule has 2 rings (SSSR count). The topological polar surface area (TPSA) is 50.4 Å². The van der Waals surface area contributed by atoms with Crippen molar-refractivity contribution >= 4 is 33.3 Å². The van der Waals surface area contributed by atoms with Crippen molar-refractivity contribution in [1.82, 2.24) is 0 Å². The zero-order chi connectivity index (χ0) is 21.4. The summed E-state index contributed by atoms with van der Waals surface area (Å²) in [6.45, 7) is 4.22. The van der Waals surface area contributed by atoms with Crippen molar-refractivity contribution in [2.75, 3.05) is 17.2 Å². The summed E-state index contributed by atoms with van der Waals surface area (Å²) in [5, 5.41) is 5.44. The van der Waals surface area contributed by atoms with Crippen LogP contribution in [0.25, 0.3) is 0 Å². The SMILES string of the molecule is CCCOc1c(CC=CC(F)(F)F)cc(Br)cc1NC(=O)Nc1ccc(C)cc1. The molecule has 4 nitrogen and oxygen atoms in total. The van der Waals surface area contributed by atoms with Gasteiger partial charge in [-0.1, -0.05) is 46.6 Å². The number of hydrogen-bond donors (Lipinski definition) is 2. The number of hydrogen-bond acceptors (Lipinski definition) is 2. The Kier molecular flexibility index (Phi) is 8.13. The monoisotopic (exact) mass is 470 g/mol. The third kappa shape index (κ3) is 7.81. The number of ether oxygens (including phenoxy) is 1. The second kappa shape index (κ2) is 10.3. The van der Waals surface area contributed by atoms with Crippen LogP contribution in [0.15, 0.2) is 53.0 Å². The molecule has 2 amide bonds. The van der Waals surface area contributed by atoms with Crippen molar-refractivity contribution in [3.63, 3.8) is 0 Å². The van der Waals surface area contributed by atoms with E-state index < -0.39 is 12.2 Å². The summed E-state index contributed by atoms with van der Waals surface area (Å²) in [7, 11) is 0. The third-order valence-electron chi connectivity index (χ3n) is 3.78. The van der Waals surface area contributed by atoms with Crippen LogP contribution in [0.5, 0.6) is 5.75 Å². The lowest BCUT2D eigenvalue weighted by molar-refractivity contribution is -0.0800. The second-order valence-corrected chi connectivity index (χ2v) is 7.30. The van der Waals surface area contributed by atoms with E-state index >= 15 is 0 Å². The minimum atomic E-state index is -4.38. The van der Waals surface area contributed by atoms with E-state index in [9.17, 15) is 18.0 Å². The van der Waals surface area contributed by atoms with Gasteiger partial charge in [0.15, 0.2) is 0 Å². The maximum Gasteiger partial charge on any atom is 0.409 e. The van der Waals surface area contributed by atoms with Gasteiger partial charge in [0.1, 0.15) is 5.75 Å². The molecule has 2 aromatic carbocycles. The first kappa shape index (κ1) is 22.8. The van der Waals surface area contributed by atoms with E-state index in [-0.39, 0.29) is 12.5 Å². The number of amides is 2. The van der Waals surface area contributed by atoms with Gasteiger partial charge in [-0.2, -0.15) is 13.2 Å². The van der Waals surface area contributed by atoms with E-state index in [0.29, 0.717) is 40.2 Å². The Labute approximate surface area is 176 Å². The van der Waals surface area contributed by atoms with E-state index in [1.165, 1.54) is 0 Å². The number of carbonyl (C=O) groups is 1. The highest BCUT2D eigenvalue weighted by Crippen LogP contribution is 2.34. The lowest BCUT2D eigenvalue weighted by Gasteiger charge is -2.17. The molecule has 156 valence electrons. The summed E-state index contributed by atoms with van der Waals surface area (Å²) in [6, 6.07) is 10.1. The number of alkyl halides is 3. The normalized spacial score (nSPS) is 11.5. The molecular formula is C21H22BrF3N2O2. The third-order valence-corrected chi connectivity index (χ3v) is 4.24. The molecule has 29 heavy (non-hydrogen) atoms. The average molecular weight is 471 g/mol. The lowest BCUT2D eigenvalue weighted by Crippen LogP contribution is -2.20. The molecule has 0 aromatic heterocycles. The highest BCUT2D eigenvalue weighted by atomic mass is 79.9. The molecule has 0 fully saturated rings. The molecule has 2 aromatic rings. The molecule has 0 radical (unpaired) electrons. The quantitative estimate of drug-likeness (QED) is 0.434. The van der Waals surface area contributed by atoms with Gasteiger partial charge >= 0.3 is 12.2 Å². The maximum atomic E-state index is 12.4. The van der Waals surface area contributed by atoms with Crippen molar-refractivity contribution in [3.8, 4) is 5.75 Å². The Morgan fingerprint density at radius 1 is 1.17 bits per heavy atom. The molecule has 0 heterocycles. The number of benzene rings is 2. The van der Waals surface area contributed by atoms with Crippen molar-refractivity contribution in [1.29, 1.82) is 0 Å². The van der Waals surface area contributed by atoms with Crippen LogP contribution in [0.4, 0.5) is 29.3 Å². The number of aryl methyl sites for hydroxylation is 1. The molecular weight excluding hydrogens is 449 g/mol. The summed E-state index contributed by atoms with van der Waals surface area (Å²) in [4.78, 5) is 12.4. The van der Waals surface area contributed by atoms with Crippen LogP contribution >= 0.6 is 15.9 Å². The number of allylic oxidation sites excluding steroid dienone is 2. The molecule has 0 aliphatic heterocycles. The van der Waals surface area contributed by atoms with Gasteiger partial charge in [0.2, 0.25) is 0 Å². The molecule has 0 unspecified atom stereocenters. The minimum absolute atomic E-state index is 0.00621. The van der Waals surface area contributed by atoms with E-state index in [2.05, 4.69) is 26.6 Å². The second-order valence-electron chi connectivity index (χ2n) is 6.38. The average Bonchev–Trinajstić information content (AvgIpc) is 2.62. The largest absolute Gasteiger partial charge is 0.491 e. The first-order valence-corrected chi connectivity index (χ1v) is 9.81. The summed E-state index contributed by atoms with van der Waals surface area (Å²) in [5.41, 5.74) is 2.58. The number of rotatable bonds is 7. The Bertz CT molecular complexity index is 865. The Morgan fingerprint density at radius 3 is 2.48 bits per heavy atom. The lowest BCUT2D eigenvalue weighted by atomic mass is 10.1. The smallest absolute Gasteiger partial charge is 0.409 e. The van der Waals surface area contributed by atoms with Crippen LogP contribution in [0.2, 0.25) is 0 Å². The standard InChI is InChI=1S/C21H22BrF3N2O2/c1-3-11-29-19-15(5-4-10-21(23,24)25)12-16(22)13-18(19)27-20(28)26-17-8-6-14(2)7-9-17/h4,6-10,12-13H,3,5,11H2,1-2H3,(H2,26,27,28). The van der Waals surface area contributed by atoms with E-state index in [1.54, 1.807) is 24.3 Å². The van der Waals surface area contributed by atoms with Gasteiger partial charge in [0, 0.05) is 21.8 Å². The maximum absolute atomic E-state index is 12.4. The van der Waals surface area contributed by atoms with Gasteiger partial charge in [-0.15, -0.1) is 0 Å². The number of anilines is 2. The molecule has 2 N–H and O–H groups in total. The van der Waals surface area contributed by atoms with Gasteiger partial charge in [0.25, 0.3) is 0 Å². The molecule has 0 spiro atoms.